The third kappa shape index (κ3) is 3.38. The fourth-order valence-electron chi connectivity index (χ4n) is 3.79. The molecule has 2 aliphatic rings. The van der Waals surface area contributed by atoms with Crippen LogP contribution in [0.4, 0.5) is 4.39 Å². The van der Waals surface area contributed by atoms with Gasteiger partial charge in [-0.3, -0.25) is 14.5 Å². The van der Waals surface area contributed by atoms with Crippen molar-refractivity contribution in [2.75, 3.05) is 26.2 Å². The number of aromatic amines is 1. The molecule has 1 aromatic carbocycles. The number of hydrogen-bond acceptors (Lipinski definition) is 5. The van der Waals surface area contributed by atoms with Gasteiger partial charge in [0.05, 0.1) is 22.9 Å². The number of piperazine rings is 1. The summed E-state index contributed by atoms with van der Waals surface area (Å²) in [6.45, 7) is 5.54. The summed E-state index contributed by atoms with van der Waals surface area (Å²) < 4.78 is 20.2. The molecule has 29 heavy (non-hydrogen) atoms. The Kier molecular flexibility index (Phi) is 5.06. The Hall–Kier alpha value is -2.84. The number of carbonyl (C=O) groups excluding carboxylic acids is 1. The molecule has 2 aliphatic heterocycles. The molecular formula is C20H19ClFN3O4. The summed E-state index contributed by atoms with van der Waals surface area (Å²) in [6.07, 6.45) is 1.27. The van der Waals surface area contributed by atoms with Gasteiger partial charge < -0.3 is 19.7 Å². The molecule has 1 atom stereocenters. The minimum atomic E-state index is -0.716. The molecule has 1 aromatic heterocycles. The monoisotopic (exact) mass is 419 g/mol. The number of H-pyrrole nitrogens is 1. The lowest BCUT2D eigenvalue weighted by Gasteiger charge is -2.39. The molecule has 1 amide bonds. The van der Waals surface area contributed by atoms with Crippen LogP contribution in [0.25, 0.3) is 11.3 Å². The highest BCUT2D eigenvalue weighted by Gasteiger charge is 2.34. The van der Waals surface area contributed by atoms with Crippen molar-refractivity contribution in [3.8, 4) is 22.8 Å². The van der Waals surface area contributed by atoms with Gasteiger partial charge in [0.2, 0.25) is 5.91 Å². The number of pyridine rings is 1. The molecule has 1 saturated heterocycles. The number of benzene rings is 1. The van der Waals surface area contributed by atoms with Crippen LogP contribution in [0.3, 0.4) is 0 Å². The number of aromatic nitrogens is 1. The fraction of sp³-hybridized carbons (Fsp3) is 0.300. The average molecular weight is 420 g/mol. The van der Waals surface area contributed by atoms with Crippen molar-refractivity contribution in [1.29, 1.82) is 0 Å². The molecule has 152 valence electrons. The molecule has 0 radical (unpaired) electrons. The Labute approximate surface area is 171 Å². The quantitative estimate of drug-likeness (QED) is 0.728. The molecule has 0 unspecified atom stereocenters. The third-order valence-electron chi connectivity index (χ3n) is 5.32. The van der Waals surface area contributed by atoms with Crippen molar-refractivity contribution >= 4 is 17.5 Å². The molecule has 2 aromatic rings. The topological polar surface area (TPSA) is 85.9 Å². The van der Waals surface area contributed by atoms with E-state index in [4.69, 9.17) is 16.3 Å². The number of carbonyl (C=O) groups is 1. The second-order valence-corrected chi connectivity index (χ2v) is 7.39. The molecule has 3 heterocycles. The van der Waals surface area contributed by atoms with E-state index in [9.17, 15) is 19.1 Å². The normalized spacial score (nSPS) is 19.0. The smallest absolute Gasteiger partial charge is 0.256 e. The van der Waals surface area contributed by atoms with E-state index in [1.807, 2.05) is 0 Å². The van der Waals surface area contributed by atoms with Crippen LogP contribution in [0.15, 0.2) is 35.6 Å². The summed E-state index contributed by atoms with van der Waals surface area (Å²) >= 11 is 6.48. The first-order chi connectivity index (χ1) is 13.9. The Bertz CT molecular complexity index is 1030. The zero-order chi connectivity index (χ0) is 20.7. The van der Waals surface area contributed by atoms with E-state index < -0.39 is 11.4 Å². The van der Waals surface area contributed by atoms with Gasteiger partial charge in [0.15, 0.2) is 0 Å². The largest absolute Gasteiger partial charge is 0.507 e. The van der Waals surface area contributed by atoms with E-state index in [1.54, 1.807) is 4.90 Å². The van der Waals surface area contributed by atoms with E-state index >= 15 is 0 Å². The number of phenolic OH excluding ortho intramolecular Hbond substituents is 1. The third-order valence-corrected chi connectivity index (χ3v) is 5.68. The standard InChI is InChI=1S/C20H19ClFN3O4/c1-2-15(27)25-7-6-24-9-12-19(29-10-11(24)8-25)17(21)18(23-20(12)28)16-13(22)4-3-5-14(16)26/h2-5,11,26H,1,6-10H2,(H,23,28)/t11-/m1/s1. The van der Waals surface area contributed by atoms with Gasteiger partial charge in [-0.15, -0.1) is 0 Å². The zero-order valence-corrected chi connectivity index (χ0v) is 16.2. The summed E-state index contributed by atoms with van der Waals surface area (Å²) in [6, 6.07) is 3.71. The second-order valence-electron chi connectivity index (χ2n) is 7.01. The van der Waals surface area contributed by atoms with E-state index in [-0.39, 0.29) is 52.9 Å². The highest BCUT2D eigenvalue weighted by atomic mass is 35.5. The van der Waals surface area contributed by atoms with Crippen LogP contribution in [0.1, 0.15) is 5.56 Å². The van der Waals surface area contributed by atoms with Crippen molar-refractivity contribution in [2.24, 2.45) is 0 Å². The van der Waals surface area contributed by atoms with Gasteiger partial charge in [-0.1, -0.05) is 24.2 Å². The number of hydrogen-bond donors (Lipinski definition) is 2. The Morgan fingerprint density at radius 3 is 2.93 bits per heavy atom. The van der Waals surface area contributed by atoms with Crippen molar-refractivity contribution in [2.45, 2.75) is 12.6 Å². The number of fused-ring (bicyclic) bond motifs is 2. The van der Waals surface area contributed by atoms with Crippen LogP contribution in [-0.2, 0) is 11.3 Å². The molecule has 2 N–H and O–H groups in total. The predicted molar refractivity (Wildman–Crippen MR) is 106 cm³/mol. The fourth-order valence-corrected chi connectivity index (χ4v) is 4.10. The first-order valence-electron chi connectivity index (χ1n) is 9.11. The number of phenols is 1. The minimum absolute atomic E-state index is 0.0267. The molecule has 9 heteroatoms. The highest BCUT2D eigenvalue weighted by Crippen LogP contribution is 2.40. The lowest BCUT2D eigenvalue weighted by Crippen LogP contribution is -2.55. The zero-order valence-electron chi connectivity index (χ0n) is 15.5. The number of halogens is 2. The molecule has 0 spiro atoms. The number of aromatic hydroxyl groups is 1. The van der Waals surface area contributed by atoms with Crippen molar-refractivity contribution in [1.82, 2.24) is 14.8 Å². The maximum Gasteiger partial charge on any atom is 0.256 e. The molecule has 1 fully saturated rings. The Balaban J connectivity index is 1.73. The summed E-state index contributed by atoms with van der Waals surface area (Å²) in [5.74, 6) is -1.04. The SMILES string of the molecule is C=CC(=O)N1CCN2Cc3c(c(Cl)c(-c4c(O)cccc4F)[nH]c3=O)OC[C@H]2C1. The predicted octanol–water partition coefficient (Wildman–Crippen LogP) is 2.13. The van der Waals surface area contributed by atoms with Gasteiger partial charge in [-0.2, -0.15) is 0 Å². The number of amides is 1. The van der Waals surface area contributed by atoms with Crippen molar-refractivity contribution < 1.29 is 19.0 Å². The first kappa shape index (κ1) is 19.5. The van der Waals surface area contributed by atoms with Crippen LogP contribution in [0.2, 0.25) is 5.02 Å². The van der Waals surface area contributed by atoms with E-state index in [0.29, 0.717) is 25.2 Å². The van der Waals surface area contributed by atoms with Crippen LogP contribution in [0.5, 0.6) is 11.5 Å². The number of nitrogens with one attached hydrogen (secondary N) is 1. The number of nitrogens with zero attached hydrogens (tertiary/aromatic N) is 2. The number of ether oxygens (including phenoxy) is 1. The van der Waals surface area contributed by atoms with Crippen molar-refractivity contribution in [3.05, 3.63) is 57.6 Å². The highest BCUT2D eigenvalue weighted by molar-refractivity contribution is 6.34. The van der Waals surface area contributed by atoms with Gasteiger partial charge in [-0.25, -0.2) is 4.39 Å². The Morgan fingerprint density at radius 2 is 2.21 bits per heavy atom. The van der Waals surface area contributed by atoms with E-state index in [0.717, 1.165) is 0 Å². The maximum atomic E-state index is 14.3. The van der Waals surface area contributed by atoms with Crippen molar-refractivity contribution in [3.63, 3.8) is 0 Å². The molecule has 0 aliphatic carbocycles. The van der Waals surface area contributed by atoms with Crippen LogP contribution in [0, 0.1) is 5.82 Å². The summed E-state index contributed by atoms with van der Waals surface area (Å²) in [5.41, 5.74) is -0.354. The van der Waals surface area contributed by atoms with E-state index in [1.165, 1.54) is 24.3 Å². The van der Waals surface area contributed by atoms with Gasteiger partial charge >= 0.3 is 0 Å². The summed E-state index contributed by atoms with van der Waals surface area (Å²) in [4.78, 5) is 31.0. The maximum absolute atomic E-state index is 14.3. The van der Waals surface area contributed by atoms with E-state index in [2.05, 4.69) is 16.5 Å². The van der Waals surface area contributed by atoms with Gasteiger partial charge in [0.25, 0.3) is 5.56 Å². The lowest BCUT2D eigenvalue weighted by molar-refractivity contribution is -0.129. The summed E-state index contributed by atoms with van der Waals surface area (Å²) in [5, 5.41) is 10.1. The number of rotatable bonds is 2. The van der Waals surface area contributed by atoms with Crippen LogP contribution in [-0.4, -0.2) is 58.1 Å². The van der Waals surface area contributed by atoms with Gasteiger partial charge in [0.1, 0.15) is 28.9 Å². The minimum Gasteiger partial charge on any atom is -0.507 e. The average Bonchev–Trinajstić information content (AvgIpc) is 2.90. The Morgan fingerprint density at radius 1 is 1.41 bits per heavy atom. The first-order valence-corrected chi connectivity index (χ1v) is 9.49. The lowest BCUT2D eigenvalue weighted by atomic mass is 10.1. The van der Waals surface area contributed by atoms with Crippen LogP contribution < -0.4 is 10.3 Å². The molecule has 7 nitrogen and oxygen atoms in total. The van der Waals surface area contributed by atoms with Crippen LogP contribution >= 0.6 is 11.6 Å². The van der Waals surface area contributed by atoms with Gasteiger partial charge in [-0.05, 0) is 18.2 Å². The van der Waals surface area contributed by atoms with Gasteiger partial charge in [0, 0.05) is 26.2 Å². The second kappa shape index (κ2) is 7.53. The molecule has 4 rings (SSSR count). The molecular weight excluding hydrogens is 401 g/mol. The molecule has 0 saturated carbocycles. The molecule has 0 bridgehead atoms. The summed E-state index contributed by atoms with van der Waals surface area (Å²) in [7, 11) is 0.